The Morgan fingerprint density at radius 1 is 1.40 bits per heavy atom. The van der Waals surface area contributed by atoms with E-state index in [9.17, 15) is 9.59 Å². The van der Waals surface area contributed by atoms with Gasteiger partial charge in [0.25, 0.3) is 0 Å². The maximum atomic E-state index is 11.4. The van der Waals surface area contributed by atoms with Gasteiger partial charge in [0.1, 0.15) is 4.83 Å². The fraction of sp³-hybridized carbons (Fsp3) is 0.800. The van der Waals surface area contributed by atoms with Crippen molar-refractivity contribution in [2.24, 2.45) is 5.41 Å². The minimum Gasteiger partial charge on any atom is -0.468 e. The van der Waals surface area contributed by atoms with Crippen LogP contribution < -0.4 is 5.32 Å². The van der Waals surface area contributed by atoms with Crippen LogP contribution in [0.4, 0.5) is 0 Å². The maximum absolute atomic E-state index is 11.4. The number of hydrogen-bond acceptors (Lipinski definition) is 3. The van der Waals surface area contributed by atoms with Gasteiger partial charge in [0.05, 0.1) is 7.11 Å². The van der Waals surface area contributed by atoms with Crippen LogP contribution in [0.15, 0.2) is 0 Å². The molecule has 88 valence electrons. The van der Waals surface area contributed by atoms with Crippen LogP contribution in [0.25, 0.3) is 0 Å². The number of alkyl halides is 1. The third kappa shape index (κ3) is 7.36. The molecule has 15 heavy (non-hydrogen) atoms. The highest BCUT2D eigenvalue weighted by atomic mass is 79.9. The van der Waals surface area contributed by atoms with Crippen LogP contribution in [0.3, 0.4) is 0 Å². The van der Waals surface area contributed by atoms with E-state index in [1.807, 2.05) is 20.8 Å². The molecule has 0 aromatic heterocycles. The minimum atomic E-state index is -0.480. The van der Waals surface area contributed by atoms with E-state index in [0.717, 1.165) is 0 Å². The van der Waals surface area contributed by atoms with Gasteiger partial charge >= 0.3 is 5.97 Å². The van der Waals surface area contributed by atoms with Crippen molar-refractivity contribution in [1.29, 1.82) is 0 Å². The van der Waals surface area contributed by atoms with Gasteiger partial charge in [0, 0.05) is 13.0 Å². The Kier molecular flexibility index (Phi) is 5.87. The van der Waals surface area contributed by atoms with Crippen molar-refractivity contribution >= 4 is 27.8 Å². The van der Waals surface area contributed by atoms with Crippen molar-refractivity contribution < 1.29 is 14.3 Å². The van der Waals surface area contributed by atoms with Crippen molar-refractivity contribution in [2.75, 3.05) is 13.7 Å². The number of carbonyl (C=O) groups is 2. The smallest absolute Gasteiger partial charge is 0.321 e. The molecule has 1 unspecified atom stereocenters. The topological polar surface area (TPSA) is 55.4 Å². The lowest BCUT2D eigenvalue weighted by atomic mass is 9.92. The summed E-state index contributed by atoms with van der Waals surface area (Å²) in [4.78, 5) is 21.9. The van der Waals surface area contributed by atoms with E-state index in [2.05, 4.69) is 26.0 Å². The Bertz CT molecular complexity index is 235. The van der Waals surface area contributed by atoms with Crippen LogP contribution in [-0.4, -0.2) is 30.4 Å². The summed E-state index contributed by atoms with van der Waals surface area (Å²) < 4.78 is 4.51. The van der Waals surface area contributed by atoms with E-state index < -0.39 is 4.83 Å². The zero-order chi connectivity index (χ0) is 12.1. The first-order valence-electron chi connectivity index (χ1n) is 4.75. The lowest BCUT2D eigenvalue weighted by molar-refractivity contribution is -0.139. The second kappa shape index (κ2) is 6.10. The van der Waals surface area contributed by atoms with Crippen LogP contribution in [0, 0.1) is 5.41 Å². The van der Waals surface area contributed by atoms with Crippen molar-refractivity contribution in [2.45, 2.75) is 32.0 Å². The normalized spacial score (nSPS) is 13.1. The Labute approximate surface area is 98.9 Å². The first-order chi connectivity index (χ1) is 6.76. The zero-order valence-electron chi connectivity index (χ0n) is 9.59. The molecule has 5 heteroatoms. The number of ether oxygens (including phenoxy) is 1. The molecule has 0 aliphatic heterocycles. The molecule has 0 heterocycles. The van der Waals surface area contributed by atoms with Gasteiger partial charge in [-0.3, -0.25) is 9.59 Å². The highest BCUT2D eigenvalue weighted by Crippen LogP contribution is 2.17. The van der Waals surface area contributed by atoms with Gasteiger partial charge < -0.3 is 10.1 Å². The minimum absolute atomic E-state index is 0.0445. The number of nitrogens with one attached hydrogen (secondary N) is 1. The number of hydrogen-bond donors (Lipinski definition) is 1. The summed E-state index contributed by atoms with van der Waals surface area (Å²) in [6, 6.07) is 0. The standard InChI is InChI=1S/C10H18BrNO3/c1-10(2,3)5-8(13)12-6-7(11)9(14)15-4/h7H,5-6H2,1-4H3,(H,12,13). The highest BCUT2D eigenvalue weighted by molar-refractivity contribution is 9.10. The molecule has 0 aromatic carbocycles. The molecule has 1 atom stereocenters. The van der Waals surface area contributed by atoms with E-state index in [1.54, 1.807) is 0 Å². The second-order valence-electron chi connectivity index (χ2n) is 4.53. The molecule has 0 radical (unpaired) electrons. The molecule has 0 rings (SSSR count). The van der Waals surface area contributed by atoms with Crippen LogP contribution in [0.2, 0.25) is 0 Å². The number of esters is 1. The van der Waals surface area contributed by atoms with Crippen molar-refractivity contribution in [3.8, 4) is 0 Å². The molecule has 0 spiro atoms. The highest BCUT2D eigenvalue weighted by Gasteiger charge is 2.19. The average molecular weight is 280 g/mol. The Balaban J connectivity index is 3.86. The molecule has 1 amide bonds. The molecule has 0 aliphatic rings. The SMILES string of the molecule is COC(=O)C(Br)CNC(=O)CC(C)(C)C. The summed E-state index contributed by atoms with van der Waals surface area (Å²) in [5, 5.41) is 2.67. The van der Waals surface area contributed by atoms with Crippen LogP contribution >= 0.6 is 15.9 Å². The second-order valence-corrected chi connectivity index (χ2v) is 5.64. The summed E-state index contributed by atoms with van der Waals surface area (Å²) >= 11 is 3.12. The Hall–Kier alpha value is -0.580. The summed E-state index contributed by atoms with van der Waals surface area (Å²) in [5.41, 5.74) is -0.0445. The Morgan fingerprint density at radius 3 is 2.33 bits per heavy atom. The third-order valence-electron chi connectivity index (χ3n) is 1.63. The molecular weight excluding hydrogens is 262 g/mol. The first-order valence-corrected chi connectivity index (χ1v) is 5.66. The molecule has 0 aromatic rings. The van der Waals surface area contributed by atoms with Gasteiger partial charge in [-0.2, -0.15) is 0 Å². The van der Waals surface area contributed by atoms with Gasteiger partial charge in [-0.25, -0.2) is 0 Å². The number of halogens is 1. The largest absolute Gasteiger partial charge is 0.468 e. The van der Waals surface area contributed by atoms with E-state index in [-0.39, 0.29) is 23.8 Å². The van der Waals surface area contributed by atoms with E-state index in [1.165, 1.54) is 7.11 Å². The van der Waals surface area contributed by atoms with Gasteiger partial charge in [0.2, 0.25) is 5.91 Å². The van der Waals surface area contributed by atoms with Gasteiger partial charge in [-0.1, -0.05) is 36.7 Å². The third-order valence-corrected chi connectivity index (χ3v) is 2.32. The molecule has 0 fully saturated rings. The number of carbonyl (C=O) groups excluding carboxylic acids is 2. The van der Waals surface area contributed by atoms with Gasteiger partial charge in [0.15, 0.2) is 0 Å². The summed E-state index contributed by atoms with van der Waals surface area (Å²) in [6.07, 6.45) is 0.438. The lowest BCUT2D eigenvalue weighted by Crippen LogP contribution is -2.35. The number of rotatable bonds is 4. The quantitative estimate of drug-likeness (QED) is 0.627. The number of amides is 1. The maximum Gasteiger partial charge on any atom is 0.321 e. The first kappa shape index (κ1) is 14.4. The van der Waals surface area contributed by atoms with Crippen molar-refractivity contribution in [3.63, 3.8) is 0 Å². The number of methoxy groups -OCH3 is 1. The summed E-state index contributed by atoms with van der Waals surface area (Å²) in [7, 11) is 1.31. The molecule has 0 saturated heterocycles. The lowest BCUT2D eigenvalue weighted by Gasteiger charge is -2.17. The summed E-state index contributed by atoms with van der Waals surface area (Å²) in [5.74, 6) is -0.443. The monoisotopic (exact) mass is 279 g/mol. The average Bonchev–Trinajstić information content (AvgIpc) is 2.10. The predicted octanol–water partition coefficient (Wildman–Crippen LogP) is 1.48. The van der Waals surface area contributed by atoms with Crippen molar-refractivity contribution in [1.82, 2.24) is 5.32 Å². The molecule has 0 aliphatic carbocycles. The van der Waals surface area contributed by atoms with Crippen LogP contribution in [0.5, 0.6) is 0 Å². The molecular formula is C10H18BrNO3. The fourth-order valence-corrected chi connectivity index (χ4v) is 1.31. The van der Waals surface area contributed by atoms with E-state index >= 15 is 0 Å². The summed E-state index contributed by atoms with van der Waals surface area (Å²) in [6.45, 7) is 6.21. The van der Waals surface area contributed by atoms with Gasteiger partial charge in [-0.05, 0) is 5.41 Å². The fourth-order valence-electron chi connectivity index (χ4n) is 0.959. The molecule has 0 saturated carbocycles. The van der Waals surface area contributed by atoms with Crippen LogP contribution in [0.1, 0.15) is 27.2 Å². The zero-order valence-corrected chi connectivity index (χ0v) is 11.2. The molecule has 0 bridgehead atoms. The van der Waals surface area contributed by atoms with E-state index in [4.69, 9.17) is 0 Å². The predicted molar refractivity (Wildman–Crippen MR) is 61.8 cm³/mol. The van der Waals surface area contributed by atoms with Crippen LogP contribution in [-0.2, 0) is 14.3 Å². The molecule has 4 nitrogen and oxygen atoms in total. The van der Waals surface area contributed by atoms with Crippen molar-refractivity contribution in [3.05, 3.63) is 0 Å². The molecule has 1 N–H and O–H groups in total. The van der Waals surface area contributed by atoms with E-state index in [0.29, 0.717) is 6.42 Å². The van der Waals surface area contributed by atoms with Gasteiger partial charge in [-0.15, -0.1) is 0 Å². The Morgan fingerprint density at radius 2 is 1.93 bits per heavy atom.